The molecule has 0 unspecified atom stereocenters. The van der Waals surface area contributed by atoms with Crippen molar-refractivity contribution in [3.63, 3.8) is 0 Å². The molecule has 0 aliphatic heterocycles. The molecular weight excluding hydrogens is 404 g/mol. The van der Waals surface area contributed by atoms with Crippen LogP contribution >= 0.6 is 0 Å². The summed E-state index contributed by atoms with van der Waals surface area (Å²) >= 11 is 0. The Balaban J connectivity index is 1.71. The molecule has 31 heavy (non-hydrogen) atoms. The summed E-state index contributed by atoms with van der Waals surface area (Å²) < 4.78 is 28.5. The van der Waals surface area contributed by atoms with Crippen molar-refractivity contribution in [1.82, 2.24) is 19.7 Å². The molecule has 2 aromatic heterocycles. The van der Waals surface area contributed by atoms with E-state index >= 15 is 0 Å². The van der Waals surface area contributed by atoms with E-state index in [-0.39, 0.29) is 11.5 Å². The molecular formula is C21H21F2N7O. The number of rotatable bonds is 9. The van der Waals surface area contributed by atoms with E-state index in [2.05, 4.69) is 20.6 Å². The number of likely N-dealkylation sites (N-methyl/N-ethyl adjacent to an activating group) is 1. The molecule has 3 aromatic rings. The van der Waals surface area contributed by atoms with Crippen LogP contribution in [-0.4, -0.2) is 51.1 Å². The number of carbonyl (C=O) groups is 1. The highest BCUT2D eigenvalue weighted by molar-refractivity contribution is 6.14. The number of amides is 1. The zero-order valence-electron chi connectivity index (χ0n) is 16.8. The van der Waals surface area contributed by atoms with Gasteiger partial charge in [0.2, 0.25) is 0 Å². The molecule has 0 saturated carbocycles. The highest BCUT2D eigenvalue weighted by atomic mass is 19.1. The normalized spacial score (nSPS) is 10.9. The maximum atomic E-state index is 13.8. The number of hydrazone groups is 1. The number of anilines is 1. The predicted molar refractivity (Wildman–Crippen MR) is 114 cm³/mol. The van der Waals surface area contributed by atoms with E-state index in [0.717, 1.165) is 24.0 Å². The van der Waals surface area contributed by atoms with Gasteiger partial charge >= 0.3 is 0 Å². The van der Waals surface area contributed by atoms with Gasteiger partial charge in [-0.3, -0.25) is 19.9 Å². The number of hydrogen-bond acceptors (Lipinski definition) is 6. The lowest BCUT2D eigenvalue weighted by Gasteiger charge is -2.22. The van der Waals surface area contributed by atoms with Gasteiger partial charge in [-0.1, -0.05) is 0 Å². The van der Waals surface area contributed by atoms with E-state index in [1.807, 2.05) is 6.92 Å². The first kappa shape index (κ1) is 21.8. The van der Waals surface area contributed by atoms with Crippen molar-refractivity contribution in [2.75, 3.05) is 18.5 Å². The van der Waals surface area contributed by atoms with Crippen molar-refractivity contribution in [2.24, 2.45) is 5.10 Å². The second-order valence-electron chi connectivity index (χ2n) is 6.49. The van der Waals surface area contributed by atoms with Crippen molar-refractivity contribution < 1.29 is 13.6 Å². The molecule has 0 radical (unpaired) electrons. The molecule has 10 heteroatoms. The Hall–Kier alpha value is -3.95. The van der Waals surface area contributed by atoms with Gasteiger partial charge in [-0.05, 0) is 37.3 Å². The number of hydrogen-bond donors (Lipinski definition) is 2. The molecule has 2 N–H and O–H groups in total. The van der Waals surface area contributed by atoms with Gasteiger partial charge in [0, 0.05) is 31.1 Å². The highest BCUT2D eigenvalue weighted by Gasteiger charge is 2.19. The number of nitrogens with one attached hydrogen (secondary N) is 2. The number of halogens is 2. The van der Waals surface area contributed by atoms with E-state index in [1.165, 1.54) is 24.4 Å². The average Bonchev–Trinajstić information content (AvgIpc) is 3.24. The van der Waals surface area contributed by atoms with Gasteiger partial charge in [-0.2, -0.15) is 10.2 Å². The molecule has 3 rings (SSSR count). The second kappa shape index (κ2) is 10.2. The van der Waals surface area contributed by atoms with Crippen LogP contribution in [0.15, 0.2) is 54.0 Å². The van der Waals surface area contributed by atoms with E-state index in [9.17, 15) is 13.6 Å². The summed E-state index contributed by atoms with van der Waals surface area (Å²) in [4.78, 5) is 18.6. The van der Waals surface area contributed by atoms with Gasteiger partial charge in [-0.25, -0.2) is 8.78 Å². The minimum Gasteiger partial charge on any atom is -0.337 e. The first-order valence-corrected chi connectivity index (χ1v) is 9.53. The molecule has 0 spiro atoms. The molecule has 0 bridgehead atoms. The minimum atomic E-state index is -0.537. The van der Waals surface area contributed by atoms with Crippen LogP contribution in [0.1, 0.15) is 17.3 Å². The van der Waals surface area contributed by atoms with Crippen molar-refractivity contribution in [2.45, 2.75) is 13.5 Å². The standard InChI is InChI=1S/C21H21F2N7O/c1-2-29(21(31)18-11-16(22)3-6-20(18)28-26-8-7-24)9-10-30-14-15(12-27-30)19-5-4-17(23)13-25-19/h3-8,11-14,24,28H,2,9-10H2,1H3. The molecule has 0 atom stereocenters. The Morgan fingerprint density at radius 1 is 1.26 bits per heavy atom. The molecule has 0 saturated heterocycles. The lowest BCUT2D eigenvalue weighted by molar-refractivity contribution is 0.0757. The monoisotopic (exact) mass is 425 g/mol. The third-order valence-corrected chi connectivity index (χ3v) is 4.47. The predicted octanol–water partition coefficient (Wildman–Crippen LogP) is 3.43. The minimum absolute atomic E-state index is 0.139. The maximum Gasteiger partial charge on any atom is 0.256 e. The number of benzene rings is 1. The van der Waals surface area contributed by atoms with Gasteiger partial charge in [0.05, 0.1) is 42.1 Å². The van der Waals surface area contributed by atoms with Crippen LogP contribution in [0.25, 0.3) is 11.3 Å². The second-order valence-corrected chi connectivity index (χ2v) is 6.49. The molecule has 1 aromatic carbocycles. The van der Waals surface area contributed by atoms with E-state index in [4.69, 9.17) is 5.41 Å². The number of aromatic nitrogens is 3. The van der Waals surface area contributed by atoms with Crippen LogP contribution in [0.2, 0.25) is 0 Å². The largest absolute Gasteiger partial charge is 0.337 e. The van der Waals surface area contributed by atoms with Gasteiger partial charge in [0.25, 0.3) is 5.91 Å². The molecule has 0 aliphatic rings. The number of nitrogens with zero attached hydrogens (tertiary/aromatic N) is 5. The van der Waals surface area contributed by atoms with Crippen molar-refractivity contribution in [1.29, 1.82) is 5.41 Å². The summed E-state index contributed by atoms with van der Waals surface area (Å²) in [5.74, 6) is -1.31. The summed E-state index contributed by atoms with van der Waals surface area (Å²) in [6.07, 6.45) is 6.71. The SMILES string of the molecule is CCN(CCn1cc(-c2ccc(F)cn2)cn1)C(=O)c1cc(F)ccc1NN=CC=N. The van der Waals surface area contributed by atoms with Crippen LogP contribution in [-0.2, 0) is 6.54 Å². The lowest BCUT2D eigenvalue weighted by Crippen LogP contribution is -2.34. The maximum absolute atomic E-state index is 13.8. The topological polar surface area (TPSA) is 99.3 Å². The quantitative estimate of drug-likeness (QED) is 0.405. The Morgan fingerprint density at radius 3 is 2.77 bits per heavy atom. The first-order valence-electron chi connectivity index (χ1n) is 9.53. The first-order chi connectivity index (χ1) is 15.0. The zero-order chi connectivity index (χ0) is 22.2. The lowest BCUT2D eigenvalue weighted by atomic mass is 10.1. The molecule has 0 fully saturated rings. The van der Waals surface area contributed by atoms with Crippen molar-refractivity contribution >= 4 is 24.0 Å². The third kappa shape index (κ3) is 5.56. The highest BCUT2D eigenvalue weighted by Crippen LogP contribution is 2.20. The van der Waals surface area contributed by atoms with Crippen LogP contribution < -0.4 is 5.43 Å². The van der Waals surface area contributed by atoms with Crippen LogP contribution in [0.5, 0.6) is 0 Å². The zero-order valence-corrected chi connectivity index (χ0v) is 16.8. The van der Waals surface area contributed by atoms with E-state index < -0.39 is 11.6 Å². The number of pyridine rings is 1. The Morgan fingerprint density at radius 2 is 2.06 bits per heavy atom. The van der Waals surface area contributed by atoms with Crippen molar-refractivity contribution in [3.8, 4) is 11.3 Å². The van der Waals surface area contributed by atoms with Gasteiger partial charge < -0.3 is 10.3 Å². The average molecular weight is 425 g/mol. The van der Waals surface area contributed by atoms with E-state index in [1.54, 1.807) is 28.0 Å². The van der Waals surface area contributed by atoms with E-state index in [0.29, 0.717) is 31.0 Å². The molecule has 2 heterocycles. The summed E-state index contributed by atoms with van der Waals surface area (Å²) in [5, 5.41) is 15.0. The Bertz CT molecular complexity index is 1080. The summed E-state index contributed by atoms with van der Waals surface area (Å²) in [6, 6.07) is 6.70. The third-order valence-electron chi connectivity index (χ3n) is 4.47. The summed E-state index contributed by atoms with van der Waals surface area (Å²) in [5.41, 5.74) is 4.46. The fraction of sp³-hybridized carbons (Fsp3) is 0.190. The Labute approximate surface area is 177 Å². The molecule has 160 valence electrons. The van der Waals surface area contributed by atoms with Crippen LogP contribution in [0.4, 0.5) is 14.5 Å². The van der Waals surface area contributed by atoms with Crippen molar-refractivity contribution in [3.05, 3.63) is 66.1 Å². The smallest absolute Gasteiger partial charge is 0.256 e. The molecule has 0 aliphatic carbocycles. The molecule has 1 amide bonds. The van der Waals surface area contributed by atoms with Gasteiger partial charge in [-0.15, -0.1) is 0 Å². The van der Waals surface area contributed by atoms with Crippen LogP contribution in [0, 0.1) is 17.0 Å². The summed E-state index contributed by atoms with van der Waals surface area (Å²) in [7, 11) is 0. The Kier molecular flexibility index (Phi) is 7.15. The molecule has 8 nitrogen and oxygen atoms in total. The van der Waals surface area contributed by atoms with Gasteiger partial charge in [0.1, 0.15) is 11.6 Å². The van der Waals surface area contributed by atoms with Gasteiger partial charge in [0.15, 0.2) is 0 Å². The summed E-state index contributed by atoms with van der Waals surface area (Å²) in [6.45, 7) is 2.98. The van der Waals surface area contributed by atoms with Crippen LogP contribution in [0.3, 0.4) is 0 Å². The number of carbonyl (C=O) groups excluding carboxylic acids is 1. The fourth-order valence-corrected chi connectivity index (χ4v) is 2.90. The fourth-order valence-electron chi connectivity index (χ4n) is 2.90.